The van der Waals surface area contributed by atoms with Gasteiger partial charge in [0.15, 0.2) is 11.2 Å². The Bertz CT molecular complexity index is 2040. The fourth-order valence-corrected chi connectivity index (χ4v) is 10.4. The third-order valence-corrected chi connectivity index (χ3v) is 14.4. The van der Waals surface area contributed by atoms with Gasteiger partial charge in [0.25, 0.3) is 23.6 Å². The zero-order chi connectivity index (χ0) is 51.5. The molecule has 17 heteroatoms. The van der Waals surface area contributed by atoms with Gasteiger partial charge in [0.2, 0.25) is 11.8 Å². The van der Waals surface area contributed by atoms with Crippen molar-refractivity contribution in [3.8, 4) is 11.5 Å². The van der Waals surface area contributed by atoms with Crippen molar-refractivity contribution in [2.45, 2.75) is 194 Å². The average molecular weight is 1010 g/mol. The van der Waals surface area contributed by atoms with Crippen LogP contribution in [0.2, 0.25) is 0 Å². The Morgan fingerprint density at radius 1 is 0.634 bits per heavy atom. The minimum absolute atomic E-state index is 0. The Balaban J connectivity index is 0.000000304. The van der Waals surface area contributed by atoms with Crippen molar-refractivity contribution in [1.82, 2.24) is 20.4 Å². The highest BCUT2D eigenvalue weighted by Gasteiger charge is 2.46. The zero-order valence-electron chi connectivity index (χ0n) is 44.1. The van der Waals surface area contributed by atoms with Crippen LogP contribution in [0.15, 0.2) is 24.3 Å². The minimum atomic E-state index is -1.22. The Labute approximate surface area is 428 Å². The summed E-state index contributed by atoms with van der Waals surface area (Å²) in [6, 6.07) is 7.74. The first-order valence-electron chi connectivity index (χ1n) is 26.0. The number of nitrogens with zero attached hydrogens (tertiary/aromatic N) is 4. The SMILES string of the molecule is CCC(=O)NCCN1C(=O)C(C)(CCO)Oc2cc(C)c(C(=O)N(C(C)C)C3CCCCC3)cc21.CCC(=O)NCCN1C(=O)[C@@](C)(CCO)Oc2cc(C)c(C(=O)N(C(C)C)C3CCCCC3)cc21.Cl. The zero-order valence-corrected chi connectivity index (χ0v) is 44.9. The number of aliphatic hydroxyl groups is 2. The molecule has 2 atom stereocenters. The topological polar surface area (TPSA) is 198 Å². The van der Waals surface area contributed by atoms with Gasteiger partial charge in [-0.2, -0.15) is 0 Å². The number of rotatable bonds is 18. The molecule has 6 amide bonds. The number of hydrogen-bond donors (Lipinski definition) is 4. The normalized spacial score (nSPS) is 20.1. The summed E-state index contributed by atoms with van der Waals surface area (Å²) in [7, 11) is 0. The van der Waals surface area contributed by atoms with E-state index < -0.39 is 11.2 Å². The van der Waals surface area contributed by atoms with Gasteiger partial charge in [-0.15, -0.1) is 12.4 Å². The van der Waals surface area contributed by atoms with Crippen LogP contribution in [0.3, 0.4) is 0 Å². The van der Waals surface area contributed by atoms with Gasteiger partial charge in [-0.05, 0) is 116 Å². The molecule has 1 unspecified atom stereocenters. The fraction of sp³-hybridized carbons (Fsp3) is 0.667. The second kappa shape index (κ2) is 26.1. The molecule has 71 heavy (non-hydrogen) atoms. The van der Waals surface area contributed by atoms with Gasteiger partial charge in [0, 0.05) is 100 Å². The maximum Gasteiger partial charge on any atom is 0.271 e. The molecule has 0 aromatic heterocycles. The molecule has 6 rings (SSSR count). The van der Waals surface area contributed by atoms with Crippen LogP contribution in [0.25, 0.3) is 0 Å². The number of ether oxygens (including phenoxy) is 2. The van der Waals surface area contributed by atoms with Gasteiger partial charge in [0.1, 0.15) is 11.5 Å². The number of aliphatic hydroxyl groups excluding tert-OH is 2. The molecular weight excluding hydrogens is 928 g/mol. The summed E-state index contributed by atoms with van der Waals surface area (Å²) in [4.78, 5) is 85.4. The van der Waals surface area contributed by atoms with Crippen LogP contribution in [0.4, 0.5) is 11.4 Å². The first-order chi connectivity index (χ1) is 33.2. The summed E-state index contributed by atoms with van der Waals surface area (Å²) < 4.78 is 12.3. The molecule has 396 valence electrons. The van der Waals surface area contributed by atoms with Crippen LogP contribution >= 0.6 is 12.4 Å². The average Bonchev–Trinajstić information content (AvgIpc) is 3.32. The first kappa shape index (κ1) is 58.6. The Kier molecular flexibility index (Phi) is 21.6. The lowest BCUT2D eigenvalue weighted by molar-refractivity contribution is -0.135. The Morgan fingerprint density at radius 2 is 0.972 bits per heavy atom. The van der Waals surface area contributed by atoms with Crippen molar-refractivity contribution < 1.29 is 48.5 Å². The highest BCUT2D eigenvalue weighted by atomic mass is 35.5. The van der Waals surface area contributed by atoms with Gasteiger partial charge < -0.3 is 49.9 Å². The number of halogens is 1. The molecular formula is C54H83ClN6O10. The molecule has 2 fully saturated rings. The number of anilines is 2. The van der Waals surface area contributed by atoms with Gasteiger partial charge in [-0.1, -0.05) is 52.4 Å². The van der Waals surface area contributed by atoms with E-state index in [2.05, 4.69) is 38.3 Å². The van der Waals surface area contributed by atoms with Crippen molar-refractivity contribution in [2.24, 2.45) is 0 Å². The lowest BCUT2D eigenvalue weighted by atomic mass is 9.92. The van der Waals surface area contributed by atoms with Crippen LogP contribution in [0.5, 0.6) is 11.5 Å². The van der Waals surface area contributed by atoms with E-state index in [1.165, 1.54) is 12.8 Å². The largest absolute Gasteiger partial charge is 0.475 e. The number of carbonyl (C=O) groups is 6. The van der Waals surface area contributed by atoms with Crippen molar-refractivity contribution in [3.63, 3.8) is 0 Å². The third kappa shape index (κ3) is 13.8. The second-order valence-corrected chi connectivity index (χ2v) is 20.4. The number of carbonyl (C=O) groups excluding carboxylic acids is 6. The number of hydrogen-bond acceptors (Lipinski definition) is 10. The standard InChI is InChI=1S/2C27H41N3O5.ClH/c2*1-6-24(32)28-13-14-29-22-17-21(25(33)30(18(2)3)20-10-8-7-9-11-20)19(4)16-23(22)35-27(5,12-15-31)26(29)34;/h2*16-18,20,31H,6-15H2,1-5H3,(H,28,32);1H/t27-;;/m1../s1. The maximum atomic E-state index is 13.8. The van der Waals surface area contributed by atoms with E-state index in [0.717, 1.165) is 62.5 Å². The molecule has 16 nitrogen and oxygen atoms in total. The van der Waals surface area contributed by atoms with E-state index >= 15 is 0 Å². The quantitative estimate of drug-likeness (QED) is 0.116. The Hall–Kier alpha value is -4.93. The van der Waals surface area contributed by atoms with Crippen molar-refractivity contribution in [2.75, 3.05) is 49.2 Å². The van der Waals surface area contributed by atoms with E-state index in [-0.39, 0.29) is 124 Å². The summed E-state index contributed by atoms with van der Waals surface area (Å²) in [6.45, 7) is 19.5. The van der Waals surface area contributed by atoms with Gasteiger partial charge >= 0.3 is 0 Å². The minimum Gasteiger partial charge on any atom is -0.475 e. The lowest BCUT2D eigenvalue weighted by Gasteiger charge is -2.41. The van der Waals surface area contributed by atoms with Gasteiger partial charge in [0.05, 0.1) is 11.4 Å². The summed E-state index contributed by atoms with van der Waals surface area (Å²) in [5.41, 5.74) is 1.31. The number of nitrogens with one attached hydrogen (secondary N) is 2. The molecule has 0 spiro atoms. The predicted molar refractivity (Wildman–Crippen MR) is 279 cm³/mol. The molecule has 2 heterocycles. The van der Waals surface area contributed by atoms with E-state index in [9.17, 15) is 39.0 Å². The predicted octanol–water partition coefficient (Wildman–Crippen LogP) is 7.56. The van der Waals surface area contributed by atoms with Crippen LogP contribution in [-0.4, -0.2) is 130 Å². The molecule has 2 aromatic carbocycles. The molecule has 2 aliphatic carbocycles. The number of aryl methyl sites for hydroxylation is 2. The van der Waals surface area contributed by atoms with E-state index in [0.29, 0.717) is 46.8 Å². The second-order valence-electron chi connectivity index (χ2n) is 20.4. The van der Waals surface area contributed by atoms with E-state index in [1.807, 2.05) is 35.8 Å². The smallest absolute Gasteiger partial charge is 0.271 e. The van der Waals surface area contributed by atoms with Crippen LogP contribution in [0.1, 0.15) is 177 Å². The van der Waals surface area contributed by atoms with Crippen LogP contribution in [-0.2, 0) is 19.2 Å². The Morgan fingerprint density at radius 3 is 1.27 bits per heavy atom. The summed E-state index contributed by atoms with van der Waals surface area (Å²) >= 11 is 0. The van der Waals surface area contributed by atoms with Crippen molar-refractivity contribution >= 4 is 59.2 Å². The third-order valence-electron chi connectivity index (χ3n) is 14.4. The van der Waals surface area contributed by atoms with Crippen molar-refractivity contribution in [1.29, 1.82) is 0 Å². The number of fused-ring (bicyclic) bond motifs is 2. The van der Waals surface area contributed by atoms with Crippen LogP contribution in [0, 0.1) is 13.8 Å². The lowest BCUT2D eigenvalue weighted by Crippen LogP contribution is -2.56. The molecule has 2 aromatic rings. The number of amides is 6. The highest BCUT2D eigenvalue weighted by molar-refractivity contribution is 6.06. The molecule has 0 bridgehead atoms. The maximum absolute atomic E-state index is 13.8. The van der Waals surface area contributed by atoms with E-state index in [1.54, 1.807) is 49.6 Å². The fourth-order valence-electron chi connectivity index (χ4n) is 10.4. The van der Waals surface area contributed by atoms with Gasteiger partial charge in [-0.3, -0.25) is 28.8 Å². The molecule has 2 saturated carbocycles. The van der Waals surface area contributed by atoms with Crippen molar-refractivity contribution in [3.05, 3.63) is 46.5 Å². The van der Waals surface area contributed by atoms with E-state index in [4.69, 9.17) is 9.47 Å². The summed E-state index contributed by atoms with van der Waals surface area (Å²) in [5.74, 6) is 0.188. The molecule has 4 N–H and O–H groups in total. The van der Waals surface area contributed by atoms with Gasteiger partial charge in [-0.25, -0.2) is 0 Å². The molecule has 2 aliphatic heterocycles. The summed E-state index contributed by atoms with van der Waals surface area (Å²) in [5, 5.41) is 24.8. The molecule has 4 aliphatic rings. The van der Waals surface area contributed by atoms with Crippen LogP contribution < -0.4 is 29.9 Å². The number of benzene rings is 2. The summed E-state index contributed by atoms with van der Waals surface area (Å²) in [6.07, 6.45) is 12.0. The monoisotopic (exact) mass is 1010 g/mol. The molecule has 0 radical (unpaired) electrons. The molecule has 0 saturated heterocycles. The highest BCUT2D eigenvalue weighted by Crippen LogP contribution is 2.43. The first-order valence-corrected chi connectivity index (χ1v) is 26.0.